The molecule has 0 radical (unpaired) electrons. The third kappa shape index (κ3) is 4.58. The molecule has 8 heteroatoms. The van der Waals surface area contributed by atoms with Gasteiger partial charge in [0, 0.05) is 11.5 Å². The Morgan fingerprint density at radius 2 is 1.81 bits per heavy atom. The lowest BCUT2D eigenvalue weighted by molar-refractivity contribution is -0.135. The van der Waals surface area contributed by atoms with Crippen molar-refractivity contribution in [2.75, 3.05) is 6.54 Å². The molecule has 0 bridgehead atoms. The van der Waals surface area contributed by atoms with E-state index < -0.39 is 18.4 Å². The van der Waals surface area contributed by atoms with Gasteiger partial charge in [-0.15, -0.1) is 0 Å². The number of amides is 1. The summed E-state index contributed by atoms with van der Waals surface area (Å²) >= 11 is 0. The second-order valence-electron chi connectivity index (χ2n) is 8.30. The third-order valence-electron chi connectivity index (χ3n) is 4.89. The summed E-state index contributed by atoms with van der Waals surface area (Å²) in [6.45, 7) is 9.48. The van der Waals surface area contributed by atoms with E-state index in [1.165, 1.54) is 5.56 Å². The number of hydrogen-bond donors (Lipinski definition) is 3. The molecule has 0 atom stereocenters. The fraction of sp³-hybridized carbons (Fsp3) is 0.304. The van der Waals surface area contributed by atoms with Gasteiger partial charge in [-0.25, -0.2) is 9.97 Å². The second-order valence-corrected chi connectivity index (χ2v) is 8.30. The van der Waals surface area contributed by atoms with Crippen LogP contribution in [0.4, 0.5) is 0 Å². The molecule has 0 fully saturated rings. The van der Waals surface area contributed by atoms with E-state index in [0.717, 1.165) is 5.56 Å². The molecule has 8 nitrogen and oxygen atoms in total. The van der Waals surface area contributed by atoms with Crippen molar-refractivity contribution in [2.45, 2.75) is 40.0 Å². The molecule has 0 saturated heterocycles. The maximum Gasteiger partial charge on any atom is 0.322 e. The summed E-state index contributed by atoms with van der Waals surface area (Å²) in [6, 6.07) is 9.07. The number of carbonyl (C=O) groups is 2. The number of benzene rings is 1. The van der Waals surface area contributed by atoms with Gasteiger partial charge in [-0.2, -0.15) is 0 Å². The Labute approximate surface area is 179 Å². The van der Waals surface area contributed by atoms with Crippen molar-refractivity contribution >= 4 is 22.8 Å². The van der Waals surface area contributed by atoms with Crippen molar-refractivity contribution in [3.8, 4) is 17.4 Å². The molecule has 0 aliphatic rings. The van der Waals surface area contributed by atoms with Crippen molar-refractivity contribution < 1.29 is 24.5 Å². The van der Waals surface area contributed by atoms with Crippen LogP contribution in [0.1, 0.15) is 48.1 Å². The number of rotatable bonds is 5. The summed E-state index contributed by atoms with van der Waals surface area (Å²) < 4.78 is 6.03. The van der Waals surface area contributed by atoms with E-state index in [2.05, 4.69) is 42.1 Å². The van der Waals surface area contributed by atoms with Crippen LogP contribution in [0.15, 0.2) is 30.3 Å². The molecule has 0 spiro atoms. The molecule has 0 aliphatic carbocycles. The Kier molecular flexibility index (Phi) is 5.83. The molecule has 3 aromatic rings. The van der Waals surface area contributed by atoms with Gasteiger partial charge < -0.3 is 20.3 Å². The SMILES string of the molecule is Cc1c(Oc2ccc3c(O)c(C(=O)NCC(=O)O)nc(C)c3n2)cccc1C(C)(C)C. The predicted molar refractivity (Wildman–Crippen MR) is 116 cm³/mol. The highest BCUT2D eigenvalue weighted by atomic mass is 16.5. The van der Waals surface area contributed by atoms with Crippen LogP contribution in [0, 0.1) is 13.8 Å². The molecule has 0 saturated carbocycles. The van der Waals surface area contributed by atoms with Gasteiger partial charge in [0.25, 0.3) is 5.91 Å². The van der Waals surface area contributed by atoms with Crippen molar-refractivity contribution in [1.29, 1.82) is 0 Å². The van der Waals surface area contributed by atoms with E-state index in [1.54, 1.807) is 19.1 Å². The van der Waals surface area contributed by atoms with E-state index in [0.29, 0.717) is 28.2 Å². The summed E-state index contributed by atoms with van der Waals surface area (Å²) in [6.07, 6.45) is 0. The zero-order valence-corrected chi connectivity index (χ0v) is 18.1. The quantitative estimate of drug-likeness (QED) is 0.570. The van der Waals surface area contributed by atoms with Gasteiger partial charge in [-0.3, -0.25) is 9.59 Å². The summed E-state index contributed by atoms with van der Waals surface area (Å²) in [5, 5.41) is 21.7. The molecule has 2 heterocycles. The molecule has 1 aromatic carbocycles. The number of nitrogens with one attached hydrogen (secondary N) is 1. The molecular weight excluding hydrogens is 398 g/mol. The number of ether oxygens (including phenoxy) is 1. The number of carboxylic acid groups (broad SMARTS) is 1. The molecule has 162 valence electrons. The van der Waals surface area contributed by atoms with Gasteiger partial charge >= 0.3 is 5.97 Å². The minimum Gasteiger partial charge on any atom is -0.505 e. The van der Waals surface area contributed by atoms with Gasteiger partial charge in [0.2, 0.25) is 5.88 Å². The maximum atomic E-state index is 12.2. The van der Waals surface area contributed by atoms with Crippen LogP contribution >= 0.6 is 0 Å². The van der Waals surface area contributed by atoms with Gasteiger partial charge in [0.1, 0.15) is 12.3 Å². The van der Waals surface area contributed by atoms with Crippen LogP contribution in [0.2, 0.25) is 0 Å². The average Bonchev–Trinajstić information content (AvgIpc) is 2.69. The van der Waals surface area contributed by atoms with E-state index in [9.17, 15) is 14.7 Å². The van der Waals surface area contributed by atoms with E-state index in [-0.39, 0.29) is 16.9 Å². The first-order valence-electron chi connectivity index (χ1n) is 9.77. The summed E-state index contributed by atoms with van der Waals surface area (Å²) in [5.41, 5.74) is 2.67. The van der Waals surface area contributed by atoms with Gasteiger partial charge in [0.15, 0.2) is 11.4 Å². The third-order valence-corrected chi connectivity index (χ3v) is 4.89. The Balaban J connectivity index is 1.98. The van der Waals surface area contributed by atoms with Crippen LogP contribution in [0.3, 0.4) is 0 Å². The lowest BCUT2D eigenvalue weighted by atomic mass is 9.84. The number of aliphatic carboxylic acids is 1. The second kappa shape index (κ2) is 8.22. The predicted octanol–water partition coefficient (Wildman–Crippen LogP) is 3.86. The number of aryl methyl sites for hydroxylation is 1. The van der Waals surface area contributed by atoms with Crippen LogP contribution in [0.25, 0.3) is 10.9 Å². The molecule has 3 N–H and O–H groups in total. The number of pyridine rings is 2. The zero-order chi connectivity index (χ0) is 22.9. The maximum absolute atomic E-state index is 12.2. The van der Waals surface area contributed by atoms with E-state index in [1.807, 2.05) is 19.1 Å². The number of fused-ring (bicyclic) bond motifs is 1. The lowest BCUT2D eigenvalue weighted by Crippen LogP contribution is -2.30. The normalized spacial score (nSPS) is 11.4. The Hall–Kier alpha value is -3.68. The smallest absolute Gasteiger partial charge is 0.322 e. The van der Waals surface area contributed by atoms with Crippen LogP contribution < -0.4 is 10.1 Å². The molecular formula is C23H25N3O5. The largest absolute Gasteiger partial charge is 0.505 e. The number of nitrogens with zero attached hydrogens (tertiary/aromatic N) is 2. The average molecular weight is 423 g/mol. The van der Waals surface area contributed by atoms with Gasteiger partial charge in [-0.1, -0.05) is 32.9 Å². The van der Waals surface area contributed by atoms with Crippen molar-refractivity contribution in [3.63, 3.8) is 0 Å². The molecule has 2 aromatic heterocycles. The topological polar surface area (TPSA) is 122 Å². The molecule has 3 rings (SSSR count). The molecule has 0 unspecified atom stereocenters. The Morgan fingerprint density at radius 3 is 2.45 bits per heavy atom. The zero-order valence-electron chi connectivity index (χ0n) is 18.1. The fourth-order valence-corrected chi connectivity index (χ4v) is 3.41. The van der Waals surface area contributed by atoms with Gasteiger partial charge in [0.05, 0.1) is 11.2 Å². The number of carboxylic acids is 1. The first-order valence-corrected chi connectivity index (χ1v) is 9.77. The van der Waals surface area contributed by atoms with Crippen LogP contribution in [-0.2, 0) is 10.2 Å². The standard InChI is InChI=1S/C23H25N3O5/c1-12-15(23(3,4)5)7-6-8-16(12)31-17-10-9-14-19(26-17)13(2)25-20(21(14)29)22(30)24-11-18(27)28/h6-10,29H,11H2,1-5H3,(H,24,30)(H,27,28). The lowest BCUT2D eigenvalue weighted by Gasteiger charge is -2.23. The van der Waals surface area contributed by atoms with E-state index >= 15 is 0 Å². The van der Waals surface area contributed by atoms with E-state index in [4.69, 9.17) is 9.84 Å². The number of carbonyl (C=O) groups excluding carboxylic acids is 1. The Bertz CT molecular complexity index is 1180. The Morgan fingerprint density at radius 1 is 1.10 bits per heavy atom. The highest BCUT2D eigenvalue weighted by molar-refractivity contribution is 6.02. The molecule has 0 aliphatic heterocycles. The van der Waals surface area contributed by atoms with Crippen molar-refractivity contribution in [1.82, 2.24) is 15.3 Å². The first kappa shape index (κ1) is 22.0. The minimum absolute atomic E-state index is 0.0375. The van der Waals surface area contributed by atoms with Crippen LogP contribution in [0.5, 0.6) is 17.4 Å². The number of aromatic hydroxyl groups is 1. The highest BCUT2D eigenvalue weighted by Crippen LogP contribution is 2.35. The summed E-state index contributed by atoms with van der Waals surface area (Å²) in [7, 11) is 0. The fourth-order valence-electron chi connectivity index (χ4n) is 3.41. The van der Waals surface area contributed by atoms with Crippen LogP contribution in [-0.4, -0.2) is 38.6 Å². The minimum atomic E-state index is -1.19. The summed E-state index contributed by atoms with van der Waals surface area (Å²) in [4.78, 5) is 31.4. The molecule has 31 heavy (non-hydrogen) atoms. The van der Waals surface area contributed by atoms with Crippen molar-refractivity contribution in [2.24, 2.45) is 0 Å². The summed E-state index contributed by atoms with van der Waals surface area (Å²) in [5.74, 6) is -1.33. The number of hydrogen-bond acceptors (Lipinski definition) is 6. The first-order chi connectivity index (χ1) is 14.5. The number of aromatic nitrogens is 2. The van der Waals surface area contributed by atoms with Gasteiger partial charge in [-0.05, 0) is 42.5 Å². The monoisotopic (exact) mass is 423 g/mol. The van der Waals surface area contributed by atoms with Crippen molar-refractivity contribution in [3.05, 3.63) is 52.8 Å². The highest BCUT2D eigenvalue weighted by Gasteiger charge is 2.21. The molecule has 1 amide bonds.